The molecule has 0 radical (unpaired) electrons. The van der Waals surface area contributed by atoms with Crippen molar-refractivity contribution in [2.45, 2.75) is 32.9 Å². The molecule has 2 unspecified atom stereocenters. The minimum absolute atomic E-state index is 0. The Balaban J connectivity index is 0.00000484. The summed E-state index contributed by atoms with van der Waals surface area (Å²) in [4.78, 5) is 9.12. The lowest BCUT2D eigenvalue weighted by Crippen LogP contribution is -2.48. The lowest BCUT2D eigenvalue weighted by molar-refractivity contribution is 0.162. The Morgan fingerprint density at radius 2 is 2.04 bits per heavy atom. The van der Waals surface area contributed by atoms with Crippen LogP contribution in [0.25, 0.3) is 0 Å². The first kappa shape index (κ1) is 22.9. The van der Waals surface area contributed by atoms with E-state index in [4.69, 9.17) is 4.74 Å². The van der Waals surface area contributed by atoms with E-state index in [2.05, 4.69) is 53.2 Å². The van der Waals surface area contributed by atoms with E-state index in [0.29, 0.717) is 18.0 Å². The molecule has 0 aliphatic carbocycles. The Morgan fingerprint density at radius 3 is 2.57 bits per heavy atom. The first-order valence-electron chi connectivity index (χ1n) is 8.36. The Hall–Kier alpha value is -0.120. The molecule has 0 bridgehead atoms. The average Bonchev–Trinajstić information content (AvgIpc) is 2.85. The van der Waals surface area contributed by atoms with Crippen LogP contribution in [0.3, 0.4) is 0 Å². The zero-order valence-electron chi connectivity index (χ0n) is 15.6. The van der Waals surface area contributed by atoms with Crippen molar-refractivity contribution in [3.05, 3.63) is 0 Å². The number of guanidine groups is 1. The molecule has 0 saturated carbocycles. The molecular weight excluding hydrogens is 405 g/mol. The Kier molecular flexibility index (Phi) is 12.2. The molecule has 6 nitrogen and oxygen atoms in total. The minimum Gasteiger partial charge on any atom is -0.383 e. The number of nitrogens with one attached hydrogen (secondary N) is 2. The van der Waals surface area contributed by atoms with Gasteiger partial charge in [0, 0.05) is 59.0 Å². The van der Waals surface area contributed by atoms with Crippen LogP contribution in [-0.4, -0.2) is 88.4 Å². The van der Waals surface area contributed by atoms with Gasteiger partial charge < -0.3 is 20.3 Å². The van der Waals surface area contributed by atoms with Gasteiger partial charge in [-0.15, -0.1) is 24.0 Å². The van der Waals surface area contributed by atoms with Crippen LogP contribution in [-0.2, 0) is 4.74 Å². The van der Waals surface area contributed by atoms with Crippen molar-refractivity contribution in [2.75, 3.05) is 60.5 Å². The quantitative estimate of drug-likeness (QED) is 0.336. The van der Waals surface area contributed by atoms with Gasteiger partial charge in [-0.3, -0.25) is 9.89 Å². The van der Waals surface area contributed by atoms with E-state index in [1.54, 1.807) is 7.11 Å². The van der Waals surface area contributed by atoms with Crippen LogP contribution < -0.4 is 10.6 Å². The molecular formula is C16H36IN5O. The summed E-state index contributed by atoms with van der Waals surface area (Å²) in [5.41, 5.74) is 0. The maximum absolute atomic E-state index is 5.09. The number of methoxy groups -OCH3 is 1. The Bertz CT molecular complexity index is 340. The van der Waals surface area contributed by atoms with Crippen molar-refractivity contribution in [1.29, 1.82) is 0 Å². The Labute approximate surface area is 159 Å². The van der Waals surface area contributed by atoms with Gasteiger partial charge in [-0.25, -0.2) is 0 Å². The molecule has 1 aliphatic rings. The molecule has 1 rings (SSSR count). The summed E-state index contributed by atoms with van der Waals surface area (Å²) >= 11 is 0. The van der Waals surface area contributed by atoms with Crippen LogP contribution in [0.15, 0.2) is 4.99 Å². The van der Waals surface area contributed by atoms with E-state index >= 15 is 0 Å². The predicted octanol–water partition coefficient (Wildman–Crippen LogP) is 1.08. The number of hydrogen-bond acceptors (Lipinski definition) is 4. The zero-order valence-corrected chi connectivity index (χ0v) is 18.0. The SMILES string of the molecule is CN=C(NCCN(C)CCOC)NC1CN(C(C)C)CC1C.I. The van der Waals surface area contributed by atoms with Crippen LogP contribution in [0.2, 0.25) is 0 Å². The van der Waals surface area contributed by atoms with Gasteiger partial charge in [0.15, 0.2) is 5.96 Å². The smallest absolute Gasteiger partial charge is 0.191 e. The molecule has 1 aliphatic heterocycles. The second kappa shape index (κ2) is 12.3. The highest BCUT2D eigenvalue weighted by Crippen LogP contribution is 2.18. The lowest BCUT2D eigenvalue weighted by atomic mass is 10.1. The summed E-state index contributed by atoms with van der Waals surface area (Å²) in [5.74, 6) is 1.55. The maximum atomic E-state index is 5.09. The van der Waals surface area contributed by atoms with Crippen molar-refractivity contribution < 1.29 is 4.74 Å². The average molecular weight is 441 g/mol. The summed E-state index contributed by atoms with van der Waals surface area (Å²) in [6, 6.07) is 1.08. The van der Waals surface area contributed by atoms with E-state index in [-0.39, 0.29) is 24.0 Å². The summed E-state index contributed by atoms with van der Waals surface area (Å²) in [6.07, 6.45) is 0. The van der Waals surface area contributed by atoms with Gasteiger partial charge >= 0.3 is 0 Å². The number of aliphatic imine (C=N–C) groups is 1. The van der Waals surface area contributed by atoms with E-state index in [0.717, 1.165) is 45.3 Å². The van der Waals surface area contributed by atoms with E-state index in [1.807, 2.05) is 7.05 Å². The summed E-state index contributed by atoms with van der Waals surface area (Å²) in [5, 5.41) is 6.98. The van der Waals surface area contributed by atoms with Crippen LogP contribution in [0.4, 0.5) is 0 Å². The summed E-state index contributed by atoms with van der Waals surface area (Å²) < 4.78 is 5.09. The first-order chi connectivity index (χ1) is 10.5. The molecule has 1 fully saturated rings. The molecule has 7 heteroatoms. The molecule has 0 spiro atoms. The van der Waals surface area contributed by atoms with Gasteiger partial charge in [-0.05, 0) is 26.8 Å². The Morgan fingerprint density at radius 1 is 1.35 bits per heavy atom. The highest BCUT2D eigenvalue weighted by Gasteiger charge is 2.31. The standard InChI is InChI=1S/C16H35N5O.HI/c1-13(2)21-11-14(3)15(12-21)19-16(17-4)18-7-8-20(5)9-10-22-6;/h13-15H,7-12H2,1-6H3,(H2,17,18,19);1H. The maximum Gasteiger partial charge on any atom is 0.191 e. The second-order valence-corrected chi connectivity index (χ2v) is 6.57. The topological polar surface area (TPSA) is 52.1 Å². The monoisotopic (exact) mass is 441 g/mol. The fourth-order valence-electron chi connectivity index (χ4n) is 2.71. The molecule has 1 saturated heterocycles. The van der Waals surface area contributed by atoms with Crippen LogP contribution in [0, 0.1) is 5.92 Å². The zero-order chi connectivity index (χ0) is 16.5. The third-order valence-electron chi connectivity index (χ3n) is 4.38. The third kappa shape index (κ3) is 8.51. The van der Waals surface area contributed by atoms with E-state index in [1.165, 1.54) is 0 Å². The number of nitrogens with zero attached hydrogens (tertiary/aromatic N) is 3. The number of rotatable bonds is 8. The fraction of sp³-hybridized carbons (Fsp3) is 0.938. The fourth-order valence-corrected chi connectivity index (χ4v) is 2.71. The van der Waals surface area contributed by atoms with Crippen molar-refractivity contribution in [2.24, 2.45) is 10.9 Å². The van der Waals surface area contributed by atoms with E-state index in [9.17, 15) is 0 Å². The van der Waals surface area contributed by atoms with Crippen LogP contribution in [0.5, 0.6) is 0 Å². The predicted molar refractivity (Wildman–Crippen MR) is 109 cm³/mol. The summed E-state index contributed by atoms with van der Waals surface area (Å²) in [7, 11) is 5.68. The third-order valence-corrected chi connectivity index (χ3v) is 4.38. The van der Waals surface area contributed by atoms with Crippen molar-refractivity contribution in [3.63, 3.8) is 0 Å². The molecule has 138 valence electrons. The molecule has 0 aromatic rings. The molecule has 23 heavy (non-hydrogen) atoms. The van der Waals surface area contributed by atoms with Gasteiger partial charge in [0.05, 0.1) is 6.61 Å². The van der Waals surface area contributed by atoms with Gasteiger partial charge in [-0.1, -0.05) is 6.92 Å². The van der Waals surface area contributed by atoms with Crippen molar-refractivity contribution >= 4 is 29.9 Å². The number of likely N-dealkylation sites (tertiary alicyclic amines) is 1. The van der Waals surface area contributed by atoms with Gasteiger partial charge in [-0.2, -0.15) is 0 Å². The van der Waals surface area contributed by atoms with Crippen LogP contribution >= 0.6 is 24.0 Å². The minimum atomic E-state index is 0. The van der Waals surface area contributed by atoms with E-state index < -0.39 is 0 Å². The first-order valence-corrected chi connectivity index (χ1v) is 8.36. The molecule has 2 N–H and O–H groups in total. The normalized spacial score (nSPS) is 22.5. The summed E-state index contributed by atoms with van der Waals surface area (Å²) in [6.45, 7) is 12.7. The van der Waals surface area contributed by atoms with Gasteiger partial charge in [0.1, 0.15) is 0 Å². The molecule has 1 heterocycles. The largest absolute Gasteiger partial charge is 0.383 e. The van der Waals surface area contributed by atoms with Crippen LogP contribution in [0.1, 0.15) is 20.8 Å². The molecule has 0 amide bonds. The molecule has 2 atom stereocenters. The van der Waals surface area contributed by atoms with Crippen molar-refractivity contribution in [3.8, 4) is 0 Å². The van der Waals surface area contributed by atoms with Gasteiger partial charge in [0.2, 0.25) is 0 Å². The molecule has 0 aromatic heterocycles. The number of ether oxygens (including phenoxy) is 1. The van der Waals surface area contributed by atoms with Gasteiger partial charge in [0.25, 0.3) is 0 Å². The highest BCUT2D eigenvalue weighted by atomic mass is 127. The number of halogens is 1. The second-order valence-electron chi connectivity index (χ2n) is 6.57. The van der Waals surface area contributed by atoms with Crippen molar-refractivity contribution in [1.82, 2.24) is 20.4 Å². The highest BCUT2D eigenvalue weighted by molar-refractivity contribution is 14.0. The lowest BCUT2D eigenvalue weighted by Gasteiger charge is -2.22. The number of likely N-dealkylation sites (N-methyl/N-ethyl adjacent to an activating group) is 1. The number of hydrogen-bond donors (Lipinski definition) is 2. The molecule has 0 aromatic carbocycles.